The predicted octanol–water partition coefficient (Wildman–Crippen LogP) is 2.79. The number of halogens is 1. The number of nitrogens with two attached hydrogens (primary N) is 1. The first-order valence-corrected chi connectivity index (χ1v) is 9.76. The first-order chi connectivity index (χ1) is 13.7. The fourth-order valence-corrected chi connectivity index (χ4v) is 3.21. The quantitative estimate of drug-likeness (QED) is 0.638. The molecule has 2 rings (SSSR count). The van der Waals surface area contributed by atoms with Crippen LogP contribution in [0.2, 0.25) is 0 Å². The third-order valence-electron chi connectivity index (χ3n) is 5.54. The molecule has 2 atom stereocenters. The van der Waals surface area contributed by atoms with Crippen LogP contribution >= 0.6 is 0 Å². The van der Waals surface area contributed by atoms with E-state index >= 15 is 0 Å². The van der Waals surface area contributed by atoms with Crippen LogP contribution in [-0.2, 0) is 16.6 Å². The van der Waals surface area contributed by atoms with Gasteiger partial charge in [0, 0.05) is 31.0 Å². The summed E-state index contributed by atoms with van der Waals surface area (Å²) in [6, 6.07) is 14.0. The van der Waals surface area contributed by atoms with Crippen molar-refractivity contribution in [3.63, 3.8) is 0 Å². The van der Waals surface area contributed by atoms with Crippen molar-refractivity contribution in [1.29, 1.82) is 0 Å². The minimum atomic E-state index is -0.587. The Kier molecular flexibility index (Phi) is 7.51. The van der Waals surface area contributed by atoms with Crippen molar-refractivity contribution in [2.45, 2.75) is 38.6 Å². The van der Waals surface area contributed by atoms with Crippen LogP contribution < -0.4 is 16.4 Å². The largest absolute Gasteiger partial charge is 0.355 e. The molecule has 0 aliphatic heterocycles. The molecule has 2 aromatic rings. The van der Waals surface area contributed by atoms with E-state index in [-0.39, 0.29) is 35.4 Å². The number of amides is 2. The lowest BCUT2D eigenvalue weighted by molar-refractivity contribution is -0.126. The van der Waals surface area contributed by atoms with Crippen molar-refractivity contribution in [2.75, 3.05) is 13.6 Å². The minimum Gasteiger partial charge on any atom is -0.355 e. The SMILES string of the molecule is CNC(=O)c1ccc(CC(N)CNC(=O)[C@H](C)C(C)(C)c2ccccc2)cc1F. The molecule has 2 aromatic carbocycles. The Morgan fingerprint density at radius 2 is 1.79 bits per heavy atom. The van der Waals surface area contributed by atoms with E-state index < -0.39 is 11.7 Å². The Balaban J connectivity index is 1.93. The highest BCUT2D eigenvalue weighted by atomic mass is 19.1. The second-order valence-electron chi connectivity index (χ2n) is 7.91. The summed E-state index contributed by atoms with van der Waals surface area (Å²) < 4.78 is 14.1. The van der Waals surface area contributed by atoms with E-state index in [4.69, 9.17) is 5.73 Å². The highest BCUT2D eigenvalue weighted by Crippen LogP contribution is 2.31. The maximum absolute atomic E-state index is 14.1. The van der Waals surface area contributed by atoms with E-state index in [0.29, 0.717) is 12.0 Å². The summed E-state index contributed by atoms with van der Waals surface area (Å²) in [4.78, 5) is 24.2. The van der Waals surface area contributed by atoms with Crippen LogP contribution in [0.15, 0.2) is 48.5 Å². The van der Waals surface area contributed by atoms with Gasteiger partial charge < -0.3 is 16.4 Å². The normalized spacial score (nSPS) is 13.4. The maximum atomic E-state index is 14.1. The smallest absolute Gasteiger partial charge is 0.253 e. The number of carbonyl (C=O) groups is 2. The van der Waals surface area contributed by atoms with Crippen LogP contribution in [0.25, 0.3) is 0 Å². The topological polar surface area (TPSA) is 84.2 Å². The summed E-state index contributed by atoms with van der Waals surface area (Å²) in [5.41, 5.74) is 7.57. The lowest BCUT2D eigenvalue weighted by Gasteiger charge is -2.31. The highest BCUT2D eigenvalue weighted by Gasteiger charge is 2.32. The monoisotopic (exact) mass is 399 g/mol. The molecule has 0 spiro atoms. The molecule has 0 aliphatic rings. The van der Waals surface area contributed by atoms with E-state index in [0.717, 1.165) is 5.56 Å². The molecule has 29 heavy (non-hydrogen) atoms. The zero-order valence-electron chi connectivity index (χ0n) is 17.5. The molecule has 0 fully saturated rings. The molecule has 0 saturated carbocycles. The molecule has 5 nitrogen and oxygen atoms in total. The molecule has 0 heterocycles. The third kappa shape index (κ3) is 5.64. The van der Waals surface area contributed by atoms with Crippen molar-refractivity contribution in [3.8, 4) is 0 Å². The van der Waals surface area contributed by atoms with Gasteiger partial charge >= 0.3 is 0 Å². The van der Waals surface area contributed by atoms with Gasteiger partial charge in [0.2, 0.25) is 5.91 Å². The molecule has 4 N–H and O–H groups in total. The average Bonchev–Trinajstić information content (AvgIpc) is 2.71. The zero-order chi connectivity index (χ0) is 21.6. The molecule has 6 heteroatoms. The average molecular weight is 400 g/mol. The first-order valence-electron chi connectivity index (χ1n) is 9.76. The number of hydrogen-bond donors (Lipinski definition) is 3. The van der Waals surface area contributed by atoms with E-state index in [9.17, 15) is 14.0 Å². The molecule has 0 saturated heterocycles. The Hall–Kier alpha value is -2.73. The highest BCUT2D eigenvalue weighted by molar-refractivity contribution is 5.94. The fraction of sp³-hybridized carbons (Fsp3) is 0.391. The Labute approximate surface area is 171 Å². The number of carbonyl (C=O) groups excluding carboxylic acids is 2. The van der Waals surface area contributed by atoms with Crippen molar-refractivity contribution in [3.05, 3.63) is 71.0 Å². The Morgan fingerprint density at radius 1 is 1.14 bits per heavy atom. The zero-order valence-corrected chi connectivity index (χ0v) is 17.5. The molecule has 1 unspecified atom stereocenters. The lowest BCUT2D eigenvalue weighted by atomic mass is 9.74. The lowest BCUT2D eigenvalue weighted by Crippen LogP contribution is -2.44. The van der Waals surface area contributed by atoms with Gasteiger partial charge in [-0.05, 0) is 29.7 Å². The minimum absolute atomic E-state index is 0.00454. The third-order valence-corrected chi connectivity index (χ3v) is 5.54. The second kappa shape index (κ2) is 9.65. The summed E-state index contributed by atoms with van der Waals surface area (Å²) >= 11 is 0. The first kappa shape index (κ1) is 22.6. The van der Waals surface area contributed by atoms with Gasteiger partial charge in [-0.25, -0.2) is 4.39 Å². The summed E-state index contributed by atoms with van der Waals surface area (Å²) in [6.07, 6.45) is 0.391. The standard InChI is InChI=1S/C23H30FN3O2/c1-15(23(2,3)17-8-6-5-7-9-17)21(28)27-14-18(25)12-16-10-11-19(20(24)13-16)22(29)26-4/h5-11,13,15,18H,12,14,25H2,1-4H3,(H,26,29)(H,27,28)/t15-,18?/m0/s1. The van der Waals surface area contributed by atoms with Gasteiger partial charge in [0.15, 0.2) is 0 Å². The molecule has 156 valence electrons. The van der Waals surface area contributed by atoms with Gasteiger partial charge in [0.05, 0.1) is 5.56 Å². The molecule has 0 aliphatic carbocycles. The van der Waals surface area contributed by atoms with Crippen molar-refractivity contribution < 1.29 is 14.0 Å². The van der Waals surface area contributed by atoms with Crippen LogP contribution in [0.3, 0.4) is 0 Å². The van der Waals surface area contributed by atoms with Crippen LogP contribution in [0.5, 0.6) is 0 Å². The van der Waals surface area contributed by atoms with Gasteiger partial charge in [-0.1, -0.05) is 57.2 Å². The molecule has 2 amide bonds. The fourth-order valence-electron chi connectivity index (χ4n) is 3.21. The number of nitrogens with one attached hydrogen (secondary N) is 2. The maximum Gasteiger partial charge on any atom is 0.253 e. The molecule has 0 bridgehead atoms. The molecule has 0 radical (unpaired) electrons. The van der Waals surface area contributed by atoms with Crippen LogP contribution in [0.1, 0.15) is 42.3 Å². The van der Waals surface area contributed by atoms with Crippen molar-refractivity contribution >= 4 is 11.8 Å². The van der Waals surface area contributed by atoms with E-state index in [1.54, 1.807) is 6.07 Å². The van der Waals surface area contributed by atoms with Crippen LogP contribution in [-0.4, -0.2) is 31.4 Å². The van der Waals surface area contributed by atoms with Crippen molar-refractivity contribution in [2.24, 2.45) is 11.7 Å². The van der Waals surface area contributed by atoms with E-state index in [1.807, 2.05) is 51.1 Å². The second-order valence-corrected chi connectivity index (χ2v) is 7.91. The summed E-state index contributed by atoms with van der Waals surface area (Å²) in [5, 5.41) is 5.31. The summed E-state index contributed by atoms with van der Waals surface area (Å²) in [5.74, 6) is -1.38. The number of rotatable bonds is 8. The predicted molar refractivity (Wildman–Crippen MR) is 113 cm³/mol. The molecule has 0 aromatic heterocycles. The van der Waals surface area contributed by atoms with Gasteiger partial charge in [-0.2, -0.15) is 0 Å². The Bertz CT molecular complexity index is 852. The van der Waals surface area contributed by atoms with Gasteiger partial charge in [0.1, 0.15) is 5.82 Å². The van der Waals surface area contributed by atoms with Crippen molar-refractivity contribution in [1.82, 2.24) is 10.6 Å². The Morgan fingerprint density at radius 3 is 2.38 bits per heavy atom. The van der Waals surface area contributed by atoms with Gasteiger partial charge in [-0.15, -0.1) is 0 Å². The summed E-state index contributed by atoms with van der Waals surface area (Å²) in [6.45, 7) is 6.28. The van der Waals surface area contributed by atoms with Crippen LogP contribution in [0.4, 0.5) is 4.39 Å². The van der Waals surface area contributed by atoms with Crippen LogP contribution in [0, 0.1) is 11.7 Å². The van der Waals surface area contributed by atoms with Gasteiger partial charge in [0.25, 0.3) is 5.91 Å². The van der Waals surface area contributed by atoms with E-state index in [1.165, 1.54) is 19.2 Å². The summed E-state index contributed by atoms with van der Waals surface area (Å²) in [7, 11) is 1.45. The number of hydrogen-bond acceptors (Lipinski definition) is 3. The molecular formula is C23H30FN3O2. The number of benzene rings is 2. The molecular weight excluding hydrogens is 369 g/mol. The van der Waals surface area contributed by atoms with E-state index in [2.05, 4.69) is 10.6 Å². The van der Waals surface area contributed by atoms with Gasteiger partial charge in [-0.3, -0.25) is 9.59 Å².